The van der Waals surface area contributed by atoms with Gasteiger partial charge in [0.05, 0.1) is 29.0 Å². The van der Waals surface area contributed by atoms with Crippen LogP contribution in [0.5, 0.6) is 0 Å². The summed E-state index contributed by atoms with van der Waals surface area (Å²) in [5.41, 5.74) is 4.47. The molecule has 0 bridgehead atoms. The smallest absolute Gasteiger partial charge is 0.328 e. The number of aromatic nitrogens is 2. The van der Waals surface area contributed by atoms with Gasteiger partial charge in [-0.1, -0.05) is 30.3 Å². The highest BCUT2D eigenvalue weighted by Crippen LogP contribution is 2.19. The lowest BCUT2D eigenvalue weighted by molar-refractivity contribution is -0.148. The van der Waals surface area contributed by atoms with E-state index in [-0.39, 0.29) is 12.5 Å². The molecule has 29 heavy (non-hydrogen) atoms. The van der Waals surface area contributed by atoms with Crippen LogP contribution in [0.3, 0.4) is 0 Å². The van der Waals surface area contributed by atoms with E-state index < -0.39 is 12.0 Å². The van der Waals surface area contributed by atoms with Crippen molar-refractivity contribution in [2.75, 3.05) is 6.61 Å². The molecule has 150 valence electrons. The molecule has 3 rings (SSSR count). The van der Waals surface area contributed by atoms with Gasteiger partial charge in [-0.3, -0.25) is 4.79 Å². The van der Waals surface area contributed by atoms with E-state index in [1.54, 1.807) is 32.0 Å². The van der Waals surface area contributed by atoms with Crippen LogP contribution in [0, 0.1) is 13.8 Å². The Morgan fingerprint density at radius 2 is 1.66 bits per heavy atom. The minimum Gasteiger partial charge on any atom is -0.464 e. The summed E-state index contributed by atoms with van der Waals surface area (Å²) in [4.78, 5) is 36.3. The lowest BCUT2D eigenvalue weighted by atomic mass is 10.1. The van der Waals surface area contributed by atoms with Gasteiger partial charge in [-0.05, 0) is 51.5 Å². The molecule has 0 aliphatic heterocycles. The number of fused-ring (bicyclic) bond motifs is 1. The van der Waals surface area contributed by atoms with E-state index in [1.807, 2.05) is 44.2 Å². The largest absolute Gasteiger partial charge is 0.464 e. The molecule has 0 saturated carbocycles. The van der Waals surface area contributed by atoms with E-state index >= 15 is 0 Å². The predicted octanol–water partition coefficient (Wildman–Crippen LogP) is 3.84. The number of hydrogen-bond donors (Lipinski definition) is 0. The van der Waals surface area contributed by atoms with Crippen molar-refractivity contribution in [1.82, 2.24) is 14.9 Å². The highest BCUT2D eigenvalue weighted by atomic mass is 16.5. The number of hydrogen-bond acceptors (Lipinski definition) is 5. The fourth-order valence-corrected chi connectivity index (χ4v) is 3.08. The number of esters is 1. The first-order chi connectivity index (χ1) is 13.9. The minimum absolute atomic E-state index is 0.253. The van der Waals surface area contributed by atoms with Crippen molar-refractivity contribution in [3.05, 3.63) is 71.0 Å². The van der Waals surface area contributed by atoms with Crippen molar-refractivity contribution >= 4 is 22.9 Å². The molecule has 2 aromatic carbocycles. The highest BCUT2D eigenvalue weighted by molar-refractivity contribution is 5.99. The molecule has 6 nitrogen and oxygen atoms in total. The van der Waals surface area contributed by atoms with Crippen LogP contribution in [0.15, 0.2) is 48.5 Å². The average Bonchev–Trinajstić information content (AvgIpc) is 2.72. The maximum Gasteiger partial charge on any atom is 0.328 e. The average molecular weight is 391 g/mol. The summed E-state index contributed by atoms with van der Waals surface area (Å²) in [6.07, 6.45) is 0. The maximum absolute atomic E-state index is 13.4. The van der Waals surface area contributed by atoms with Gasteiger partial charge in [-0.25, -0.2) is 14.8 Å². The molecule has 1 unspecified atom stereocenters. The van der Waals surface area contributed by atoms with Crippen LogP contribution in [0.2, 0.25) is 0 Å². The number of rotatable bonds is 6. The predicted molar refractivity (Wildman–Crippen MR) is 111 cm³/mol. The number of carbonyl (C=O) groups is 2. The SMILES string of the molecule is CCOC(=O)C(C)N(Cc1ccccc1)C(=O)c1ccc2nc(C)c(C)nc2c1. The van der Waals surface area contributed by atoms with Crippen molar-refractivity contribution in [3.8, 4) is 0 Å². The molecule has 1 amide bonds. The summed E-state index contributed by atoms with van der Waals surface area (Å²) in [5.74, 6) is -0.680. The van der Waals surface area contributed by atoms with Crippen LogP contribution in [-0.2, 0) is 16.1 Å². The summed E-state index contributed by atoms with van der Waals surface area (Å²) in [5, 5.41) is 0. The van der Waals surface area contributed by atoms with Gasteiger partial charge < -0.3 is 9.64 Å². The van der Waals surface area contributed by atoms with Gasteiger partial charge >= 0.3 is 5.97 Å². The standard InChI is InChI=1S/C23H25N3O3/c1-5-29-23(28)17(4)26(14-18-9-7-6-8-10-18)22(27)19-11-12-20-21(13-19)25-16(3)15(2)24-20/h6-13,17H,5,14H2,1-4H3. The number of amides is 1. The minimum atomic E-state index is -0.718. The molecule has 1 heterocycles. The van der Waals surface area contributed by atoms with Gasteiger partial charge in [0.15, 0.2) is 0 Å². The van der Waals surface area contributed by atoms with Crippen LogP contribution in [0.4, 0.5) is 0 Å². The number of benzene rings is 2. The molecule has 0 aliphatic rings. The second-order valence-corrected chi connectivity index (χ2v) is 6.94. The fourth-order valence-electron chi connectivity index (χ4n) is 3.08. The molecule has 0 radical (unpaired) electrons. The van der Waals surface area contributed by atoms with E-state index in [2.05, 4.69) is 9.97 Å². The van der Waals surface area contributed by atoms with E-state index in [4.69, 9.17) is 4.74 Å². The zero-order chi connectivity index (χ0) is 21.0. The van der Waals surface area contributed by atoms with Crippen LogP contribution < -0.4 is 0 Å². The van der Waals surface area contributed by atoms with Crippen LogP contribution in [-0.4, -0.2) is 39.4 Å². The lowest BCUT2D eigenvalue weighted by Gasteiger charge is -2.28. The summed E-state index contributed by atoms with van der Waals surface area (Å²) >= 11 is 0. The Morgan fingerprint density at radius 1 is 1.00 bits per heavy atom. The molecule has 3 aromatic rings. The lowest BCUT2D eigenvalue weighted by Crippen LogP contribution is -2.43. The van der Waals surface area contributed by atoms with Gasteiger partial charge in [0.25, 0.3) is 5.91 Å². The van der Waals surface area contributed by atoms with Crippen LogP contribution >= 0.6 is 0 Å². The molecule has 1 aromatic heterocycles. The number of carbonyl (C=O) groups excluding carboxylic acids is 2. The summed E-state index contributed by atoms with van der Waals surface area (Å²) < 4.78 is 5.15. The first kappa shape index (κ1) is 20.5. The van der Waals surface area contributed by atoms with Crippen molar-refractivity contribution in [2.24, 2.45) is 0 Å². The van der Waals surface area contributed by atoms with Gasteiger partial charge in [0.1, 0.15) is 6.04 Å². The third kappa shape index (κ3) is 4.59. The van der Waals surface area contributed by atoms with Gasteiger partial charge in [0, 0.05) is 12.1 Å². The zero-order valence-electron chi connectivity index (χ0n) is 17.2. The Kier molecular flexibility index (Phi) is 6.22. The Labute approximate surface area is 170 Å². The quantitative estimate of drug-likeness (QED) is 0.597. The van der Waals surface area contributed by atoms with E-state index in [0.29, 0.717) is 17.6 Å². The molecule has 0 spiro atoms. The molecule has 6 heteroatoms. The topological polar surface area (TPSA) is 72.4 Å². The number of aryl methyl sites for hydroxylation is 2. The molecule has 0 aliphatic carbocycles. The maximum atomic E-state index is 13.4. The summed E-state index contributed by atoms with van der Waals surface area (Å²) in [6, 6.07) is 14.1. The molecule has 0 fully saturated rings. The van der Waals surface area contributed by atoms with E-state index in [9.17, 15) is 9.59 Å². The zero-order valence-corrected chi connectivity index (χ0v) is 17.2. The third-order valence-corrected chi connectivity index (χ3v) is 4.87. The Bertz CT molecular complexity index is 1030. The molecule has 0 N–H and O–H groups in total. The second-order valence-electron chi connectivity index (χ2n) is 6.94. The fraction of sp³-hybridized carbons (Fsp3) is 0.304. The van der Waals surface area contributed by atoms with Crippen LogP contribution in [0.25, 0.3) is 11.0 Å². The molecular formula is C23H25N3O3. The van der Waals surface area contributed by atoms with Crippen molar-refractivity contribution < 1.29 is 14.3 Å². The second kappa shape index (κ2) is 8.82. The monoisotopic (exact) mass is 391 g/mol. The normalized spacial score (nSPS) is 11.9. The molecule has 1 atom stereocenters. The highest BCUT2D eigenvalue weighted by Gasteiger charge is 2.28. The number of nitrogens with zero attached hydrogens (tertiary/aromatic N) is 3. The Balaban J connectivity index is 1.97. The van der Waals surface area contributed by atoms with Gasteiger partial charge in [0.2, 0.25) is 0 Å². The molecule has 0 saturated heterocycles. The van der Waals surface area contributed by atoms with E-state index in [0.717, 1.165) is 22.5 Å². The summed E-state index contributed by atoms with van der Waals surface area (Å²) in [7, 11) is 0. The van der Waals surface area contributed by atoms with Crippen molar-refractivity contribution in [2.45, 2.75) is 40.3 Å². The van der Waals surface area contributed by atoms with Crippen molar-refractivity contribution in [3.63, 3.8) is 0 Å². The Hall–Kier alpha value is -3.28. The first-order valence-electron chi connectivity index (χ1n) is 9.67. The first-order valence-corrected chi connectivity index (χ1v) is 9.67. The van der Waals surface area contributed by atoms with Crippen molar-refractivity contribution in [1.29, 1.82) is 0 Å². The van der Waals surface area contributed by atoms with Gasteiger partial charge in [-0.15, -0.1) is 0 Å². The molecular weight excluding hydrogens is 366 g/mol. The number of ether oxygens (including phenoxy) is 1. The van der Waals surface area contributed by atoms with Gasteiger partial charge in [-0.2, -0.15) is 0 Å². The summed E-state index contributed by atoms with van der Waals surface area (Å²) in [6.45, 7) is 7.80. The Morgan fingerprint density at radius 3 is 2.31 bits per heavy atom. The van der Waals surface area contributed by atoms with E-state index in [1.165, 1.54) is 4.90 Å². The van der Waals surface area contributed by atoms with Crippen LogP contribution in [0.1, 0.15) is 41.2 Å². The third-order valence-electron chi connectivity index (χ3n) is 4.87.